The fourth-order valence-electron chi connectivity index (χ4n) is 2.43. The van der Waals surface area contributed by atoms with Crippen molar-refractivity contribution in [3.05, 3.63) is 18.2 Å². The molecule has 2 N–H and O–H groups in total. The first-order chi connectivity index (χ1) is 9.72. The molecule has 1 aliphatic rings. The van der Waals surface area contributed by atoms with Gasteiger partial charge in [-0.3, -0.25) is 4.79 Å². The van der Waals surface area contributed by atoms with Crippen molar-refractivity contribution in [2.45, 2.75) is 57.5 Å². The molecule has 0 unspecified atom stereocenters. The second-order valence-corrected chi connectivity index (χ2v) is 5.66. The minimum absolute atomic E-state index is 0.281. The highest BCUT2D eigenvalue weighted by Crippen LogP contribution is 2.29. The molecular formula is C15H26N4O. The van der Waals surface area contributed by atoms with Gasteiger partial charge in [-0.25, -0.2) is 4.98 Å². The van der Waals surface area contributed by atoms with E-state index in [0.29, 0.717) is 19.0 Å². The summed E-state index contributed by atoms with van der Waals surface area (Å²) in [5, 5.41) is 0. The molecule has 20 heavy (non-hydrogen) atoms. The highest BCUT2D eigenvalue weighted by atomic mass is 16.2. The lowest BCUT2D eigenvalue weighted by Gasteiger charge is -2.22. The highest BCUT2D eigenvalue weighted by molar-refractivity contribution is 5.76. The number of hydrogen-bond donors (Lipinski definition) is 1. The van der Waals surface area contributed by atoms with Crippen LogP contribution in [0.2, 0.25) is 0 Å². The smallest absolute Gasteiger partial charge is 0.223 e. The van der Waals surface area contributed by atoms with Crippen LogP contribution >= 0.6 is 0 Å². The second kappa shape index (κ2) is 7.43. The van der Waals surface area contributed by atoms with Crippen LogP contribution in [-0.2, 0) is 18.4 Å². The summed E-state index contributed by atoms with van der Waals surface area (Å²) in [6.07, 6.45) is 10.9. The Kier molecular flexibility index (Phi) is 5.59. The number of carbonyl (C=O) groups excluding carboxylic acids is 1. The first kappa shape index (κ1) is 15.0. The van der Waals surface area contributed by atoms with Gasteiger partial charge in [-0.05, 0) is 32.2 Å². The van der Waals surface area contributed by atoms with Gasteiger partial charge in [0.1, 0.15) is 5.82 Å². The zero-order valence-electron chi connectivity index (χ0n) is 12.4. The molecule has 5 heteroatoms. The number of carbonyl (C=O) groups is 1. The maximum Gasteiger partial charge on any atom is 0.223 e. The van der Waals surface area contributed by atoms with Gasteiger partial charge in [-0.15, -0.1) is 0 Å². The Morgan fingerprint density at radius 1 is 1.40 bits per heavy atom. The van der Waals surface area contributed by atoms with Crippen molar-refractivity contribution in [3.8, 4) is 0 Å². The van der Waals surface area contributed by atoms with E-state index in [0.717, 1.165) is 50.9 Å². The molecule has 0 saturated heterocycles. The van der Waals surface area contributed by atoms with Gasteiger partial charge in [0.05, 0.1) is 6.54 Å². The Morgan fingerprint density at radius 2 is 2.15 bits per heavy atom. The molecule has 112 valence electrons. The predicted molar refractivity (Wildman–Crippen MR) is 78.9 cm³/mol. The van der Waals surface area contributed by atoms with E-state index in [1.165, 1.54) is 0 Å². The molecule has 0 spiro atoms. The molecular weight excluding hydrogens is 252 g/mol. The summed E-state index contributed by atoms with van der Waals surface area (Å²) in [4.78, 5) is 18.7. The van der Waals surface area contributed by atoms with Crippen molar-refractivity contribution < 1.29 is 4.79 Å². The third-order valence-electron chi connectivity index (χ3n) is 3.89. The van der Waals surface area contributed by atoms with E-state index in [-0.39, 0.29) is 5.91 Å². The molecule has 1 aliphatic carbocycles. The van der Waals surface area contributed by atoms with Gasteiger partial charge in [0.15, 0.2) is 0 Å². The van der Waals surface area contributed by atoms with E-state index in [4.69, 9.17) is 5.73 Å². The Balaban J connectivity index is 1.79. The van der Waals surface area contributed by atoms with Crippen molar-refractivity contribution in [1.82, 2.24) is 14.5 Å². The van der Waals surface area contributed by atoms with Crippen molar-refractivity contribution in [3.63, 3.8) is 0 Å². The molecule has 1 saturated carbocycles. The molecule has 1 aromatic rings. The van der Waals surface area contributed by atoms with Crippen LogP contribution in [0.4, 0.5) is 0 Å². The maximum atomic E-state index is 12.4. The van der Waals surface area contributed by atoms with E-state index in [1.54, 1.807) is 6.20 Å². The molecule has 0 aromatic carbocycles. The summed E-state index contributed by atoms with van der Waals surface area (Å²) in [6.45, 7) is 1.40. The largest absolute Gasteiger partial charge is 0.337 e. The molecule has 0 bridgehead atoms. The number of nitrogens with zero attached hydrogens (tertiary/aromatic N) is 3. The minimum atomic E-state index is 0.281. The van der Waals surface area contributed by atoms with Crippen molar-refractivity contribution in [1.29, 1.82) is 0 Å². The topological polar surface area (TPSA) is 64.2 Å². The van der Waals surface area contributed by atoms with Gasteiger partial charge in [0, 0.05) is 31.9 Å². The minimum Gasteiger partial charge on any atom is -0.337 e. The van der Waals surface area contributed by atoms with Crippen LogP contribution in [-0.4, -0.2) is 32.9 Å². The standard InChI is InChI=1S/C15H26N4O/c1-18-11-10-17-14(18)12-19(13-7-8-13)15(20)6-4-2-3-5-9-16/h10-11,13H,2-9,12,16H2,1H3. The Hall–Kier alpha value is -1.36. The third-order valence-corrected chi connectivity index (χ3v) is 3.89. The number of unbranched alkanes of at least 4 members (excludes halogenated alkanes) is 3. The van der Waals surface area contributed by atoms with Crippen LogP contribution in [0.25, 0.3) is 0 Å². The quantitative estimate of drug-likeness (QED) is 0.701. The van der Waals surface area contributed by atoms with Crippen molar-refractivity contribution in [2.75, 3.05) is 6.54 Å². The van der Waals surface area contributed by atoms with Gasteiger partial charge in [-0.2, -0.15) is 0 Å². The van der Waals surface area contributed by atoms with Crippen molar-refractivity contribution >= 4 is 5.91 Å². The average molecular weight is 278 g/mol. The lowest BCUT2D eigenvalue weighted by atomic mass is 10.1. The van der Waals surface area contributed by atoms with Crippen LogP contribution in [0.3, 0.4) is 0 Å². The number of nitrogens with two attached hydrogens (primary N) is 1. The lowest BCUT2D eigenvalue weighted by molar-refractivity contribution is -0.132. The van der Waals surface area contributed by atoms with Crippen LogP contribution < -0.4 is 5.73 Å². The Morgan fingerprint density at radius 3 is 2.75 bits per heavy atom. The number of rotatable bonds is 9. The van der Waals surface area contributed by atoms with Gasteiger partial charge in [0.2, 0.25) is 5.91 Å². The van der Waals surface area contributed by atoms with E-state index < -0.39 is 0 Å². The van der Waals surface area contributed by atoms with Gasteiger partial charge >= 0.3 is 0 Å². The number of aryl methyl sites for hydroxylation is 1. The number of imidazole rings is 1. The van der Waals surface area contributed by atoms with E-state index in [1.807, 2.05) is 22.7 Å². The van der Waals surface area contributed by atoms with Crippen LogP contribution in [0.15, 0.2) is 12.4 Å². The SMILES string of the molecule is Cn1ccnc1CN(C(=O)CCCCCCN)C1CC1. The third kappa shape index (κ3) is 4.34. The summed E-state index contributed by atoms with van der Waals surface area (Å²) >= 11 is 0. The molecule has 0 radical (unpaired) electrons. The van der Waals surface area contributed by atoms with E-state index >= 15 is 0 Å². The molecule has 0 atom stereocenters. The second-order valence-electron chi connectivity index (χ2n) is 5.66. The molecule has 1 amide bonds. The zero-order valence-corrected chi connectivity index (χ0v) is 12.4. The summed E-state index contributed by atoms with van der Waals surface area (Å²) in [7, 11) is 1.98. The van der Waals surface area contributed by atoms with Gasteiger partial charge < -0.3 is 15.2 Å². The normalized spacial score (nSPS) is 14.5. The van der Waals surface area contributed by atoms with Crippen LogP contribution in [0.1, 0.15) is 50.8 Å². The molecule has 1 heterocycles. The maximum absolute atomic E-state index is 12.4. The number of amides is 1. The van der Waals surface area contributed by atoms with Gasteiger partial charge in [-0.1, -0.05) is 12.8 Å². The Labute approximate surface area is 121 Å². The average Bonchev–Trinajstić information content (AvgIpc) is 3.19. The van der Waals surface area contributed by atoms with Crippen LogP contribution in [0.5, 0.6) is 0 Å². The zero-order chi connectivity index (χ0) is 14.4. The fourth-order valence-corrected chi connectivity index (χ4v) is 2.43. The predicted octanol–water partition coefficient (Wildman–Crippen LogP) is 1.82. The monoisotopic (exact) mass is 278 g/mol. The molecule has 1 fully saturated rings. The summed E-state index contributed by atoms with van der Waals surface area (Å²) < 4.78 is 1.99. The first-order valence-corrected chi connectivity index (χ1v) is 7.68. The summed E-state index contributed by atoms with van der Waals surface area (Å²) in [5.41, 5.74) is 5.47. The Bertz CT molecular complexity index is 425. The lowest BCUT2D eigenvalue weighted by Crippen LogP contribution is -2.33. The molecule has 0 aliphatic heterocycles. The molecule has 1 aromatic heterocycles. The fraction of sp³-hybridized carbons (Fsp3) is 0.733. The number of hydrogen-bond acceptors (Lipinski definition) is 3. The first-order valence-electron chi connectivity index (χ1n) is 7.68. The van der Waals surface area contributed by atoms with Gasteiger partial charge in [0.25, 0.3) is 0 Å². The molecule has 5 nitrogen and oxygen atoms in total. The highest BCUT2D eigenvalue weighted by Gasteiger charge is 2.32. The van der Waals surface area contributed by atoms with E-state index in [9.17, 15) is 4.79 Å². The van der Waals surface area contributed by atoms with Crippen LogP contribution in [0, 0.1) is 0 Å². The van der Waals surface area contributed by atoms with Crippen molar-refractivity contribution in [2.24, 2.45) is 12.8 Å². The number of aromatic nitrogens is 2. The molecule has 2 rings (SSSR count). The summed E-state index contributed by atoms with van der Waals surface area (Å²) in [5.74, 6) is 1.25. The summed E-state index contributed by atoms with van der Waals surface area (Å²) in [6, 6.07) is 0.447. The van der Waals surface area contributed by atoms with E-state index in [2.05, 4.69) is 4.98 Å².